The van der Waals surface area contributed by atoms with Gasteiger partial charge in [-0.05, 0) is 24.3 Å². The van der Waals surface area contributed by atoms with Gasteiger partial charge in [-0.15, -0.1) is 0 Å². The van der Waals surface area contributed by atoms with Crippen molar-refractivity contribution in [1.82, 2.24) is 14.5 Å². The number of halogens is 1. The van der Waals surface area contributed by atoms with Gasteiger partial charge in [0.25, 0.3) is 5.56 Å². The zero-order valence-corrected chi connectivity index (χ0v) is 13.3. The molecular formula is C19H12ClN3O. The summed E-state index contributed by atoms with van der Waals surface area (Å²) in [6.07, 6.45) is 1.59. The maximum absolute atomic E-state index is 13.1. The molecule has 0 spiro atoms. The normalized spacial score (nSPS) is 10.9. The van der Waals surface area contributed by atoms with Crippen LogP contribution in [0.1, 0.15) is 0 Å². The summed E-state index contributed by atoms with van der Waals surface area (Å²) < 4.78 is 1.52. The summed E-state index contributed by atoms with van der Waals surface area (Å²) in [5.41, 5.74) is 1.83. The highest BCUT2D eigenvalue weighted by Gasteiger charge is 2.16. The number of hydrogen-bond donors (Lipinski definition) is 0. The van der Waals surface area contributed by atoms with Gasteiger partial charge in [-0.3, -0.25) is 9.36 Å². The van der Waals surface area contributed by atoms with Crippen molar-refractivity contribution < 1.29 is 0 Å². The summed E-state index contributed by atoms with van der Waals surface area (Å²) in [6, 6.07) is 20.4. The van der Waals surface area contributed by atoms with E-state index in [9.17, 15) is 4.79 Å². The van der Waals surface area contributed by atoms with Crippen molar-refractivity contribution in [3.8, 4) is 17.1 Å². The molecule has 0 N–H and O–H groups in total. The molecule has 0 unspecified atom stereocenters. The predicted molar refractivity (Wildman–Crippen MR) is 95.6 cm³/mol. The first-order valence-electron chi connectivity index (χ1n) is 7.44. The van der Waals surface area contributed by atoms with E-state index in [4.69, 9.17) is 16.6 Å². The smallest absolute Gasteiger partial charge is 0.266 e. The van der Waals surface area contributed by atoms with Crippen LogP contribution < -0.4 is 5.56 Å². The fourth-order valence-electron chi connectivity index (χ4n) is 2.68. The highest BCUT2D eigenvalue weighted by Crippen LogP contribution is 2.24. The molecule has 116 valence electrons. The lowest BCUT2D eigenvalue weighted by Gasteiger charge is -2.14. The Hall–Kier alpha value is -2.98. The van der Waals surface area contributed by atoms with Gasteiger partial charge in [-0.2, -0.15) is 0 Å². The van der Waals surface area contributed by atoms with Crippen LogP contribution in [-0.4, -0.2) is 14.5 Å². The molecule has 0 saturated carbocycles. The summed E-state index contributed by atoms with van der Waals surface area (Å²) in [6.45, 7) is 0. The molecule has 2 heterocycles. The number of benzene rings is 2. The molecule has 0 atom stereocenters. The maximum Gasteiger partial charge on any atom is 0.266 e. The summed E-state index contributed by atoms with van der Waals surface area (Å²) in [4.78, 5) is 21.9. The van der Waals surface area contributed by atoms with Crippen molar-refractivity contribution in [2.75, 3.05) is 0 Å². The Bertz CT molecular complexity index is 1090. The van der Waals surface area contributed by atoms with Crippen molar-refractivity contribution in [2.24, 2.45) is 0 Å². The minimum atomic E-state index is -0.172. The monoisotopic (exact) mass is 333 g/mol. The molecule has 2 aromatic carbocycles. The first kappa shape index (κ1) is 14.6. The second-order valence-electron chi connectivity index (χ2n) is 5.27. The molecule has 0 radical (unpaired) electrons. The van der Waals surface area contributed by atoms with Gasteiger partial charge in [0.15, 0.2) is 5.15 Å². The number of nitrogens with zero attached hydrogens (tertiary/aromatic N) is 3. The third-order valence-electron chi connectivity index (χ3n) is 3.79. The Morgan fingerprint density at radius 3 is 2.42 bits per heavy atom. The molecular weight excluding hydrogens is 322 g/mol. The van der Waals surface area contributed by atoms with Crippen molar-refractivity contribution >= 4 is 22.5 Å². The van der Waals surface area contributed by atoms with Gasteiger partial charge < -0.3 is 0 Å². The lowest BCUT2D eigenvalue weighted by Crippen LogP contribution is -2.22. The number of aromatic nitrogens is 3. The van der Waals surface area contributed by atoms with Gasteiger partial charge in [0.05, 0.1) is 16.6 Å². The molecule has 0 aliphatic carbocycles. The van der Waals surface area contributed by atoms with Crippen LogP contribution in [0, 0.1) is 0 Å². The predicted octanol–water partition coefficient (Wildman–Crippen LogP) is 4.10. The van der Waals surface area contributed by atoms with Crippen molar-refractivity contribution in [3.63, 3.8) is 0 Å². The molecule has 2 aromatic heterocycles. The third-order valence-corrected chi connectivity index (χ3v) is 4.08. The minimum absolute atomic E-state index is 0.172. The molecule has 0 aliphatic heterocycles. The van der Waals surface area contributed by atoms with Crippen molar-refractivity contribution in [3.05, 3.63) is 88.4 Å². The molecule has 4 rings (SSSR count). The lowest BCUT2D eigenvalue weighted by atomic mass is 10.1. The Kier molecular flexibility index (Phi) is 3.59. The number of pyridine rings is 1. The molecule has 0 amide bonds. The summed E-state index contributed by atoms with van der Waals surface area (Å²) in [7, 11) is 0. The van der Waals surface area contributed by atoms with E-state index in [0.717, 1.165) is 5.56 Å². The third kappa shape index (κ3) is 2.37. The van der Waals surface area contributed by atoms with Gasteiger partial charge in [0, 0.05) is 11.8 Å². The largest absolute Gasteiger partial charge is 0.268 e. The van der Waals surface area contributed by atoms with E-state index in [2.05, 4.69) is 4.98 Å². The lowest BCUT2D eigenvalue weighted by molar-refractivity contribution is 0.966. The van der Waals surface area contributed by atoms with Crippen molar-refractivity contribution in [2.45, 2.75) is 0 Å². The van der Waals surface area contributed by atoms with Crippen LogP contribution in [0.2, 0.25) is 5.15 Å². The van der Waals surface area contributed by atoms with Gasteiger partial charge in [-0.1, -0.05) is 54.1 Å². The SMILES string of the molecule is O=c1c2ccccc2nc(-c2ccccc2)n1-c1cccnc1Cl. The molecule has 4 nitrogen and oxygen atoms in total. The maximum atomic E-state index is 13.1. The quantitative estimate of drug-likeness (QED) is 0.519. The average Bonchev–Trinajstić information content (AvgIpc) is 2.63. The zero-order valence-electron chi connectivity index (χ0n) is 12.6. The molecule has 0 saturated heterocycles. The highest BCUT2D eigenvalue weighted by atomic mass is 35.5. The first-order chi connectivity index (χ1) is 11.8. The highest BCUT2D eigenvalue weighted by molar-refractivity contribution is 6.31. The Labute approximate surface area is 143 Å². The molecule has 24 heavy (non-hydrogen) atoms. The van der Waals surface area contributed by atoms with Crippen LogP contribution in [0.5, 0.6) is 0 Å². The fourth-order valence-corrected chi connectivity index (χ4v) is 2.89. The number of para-hydroxylation sites is 1. The second-order valence-corrected chi connectivity index (χ2v) is 5.63. The number of hydrogen-bond acceptors (Lipinski definition) is 3. The van der Waals surface area contributed by atoms with Crippen LogP contribution in [0.4, 0.5) is 0 Å². The minimum Gasteiger partial charge on any atom is -0.268 e. The summed E-state index contributed by atoms with van der Waals surface area (Å²) in [5, 5.41) is 0.797. The fraction of sp³-hybridized carbons (Fsp3) is 0. The Morgan fingerprint density at radius 1 is 0.875 bits per heavy atom. The van der Waals surface area contributed by atoms with E-state index in [1.54, 1.807) is 24.4 Å². The van der Waals surface area contributed by atoms with E-state index >= 15 is 0 Å². The van der Waals surface area contributed by atoms with Gasteiger partial charge in [0.2, 0.25) is 0 Å². The van der Waals surface area contributed by atoms with Crippen LogP contribution in [0.15, 0.2) is 77.7 Å². The second kappa shape index (κ2) is 5.91. The van der Waals surface area contributed by atoms with E-state index in [-0.39, 0.29) is 10.7 Å². The zero-order chi connectivity index (χ0) is 16.5. The van der Waals surface area contributed by atoms with Crippen LogP contribution in [0.3, 0.4) is 0 Å². The summed E-state index contributed by atoms with van der Waals surface area (Å²) in [5.74, 6) is 0.536. The van der Waals surface area contributed by atoms with Crippen molar-refractivity contribution in [1.29, 1.82) is 0 Å². The molecule has 4 aromatic rings. The van der Waals surface area contributed by atoms with E-state index in [0.29, 0.717) is 22.4 Å². The molecule has 5 heteroatoms. The van der Waals surface area contributed by atoms with Crippen LogP contribution >= 0.6 is 11.6 Å². The first-order valence-corrected chi connectivity index (χ1v) is 7.81. The standard InChI is InChI=1S/C19H12ClN3O/c20-17-16(11-6-12-21-17)23-18(13-7-2-1-3-8-13)22-15-10-5-4-9-14(15)19(23)24/h1-12H. The van der Waals surface area contributed by atoms with Gasteiger partial charge in [0.1, 0.15) is 5.82 Å². The van der Waals surface area contributed by atoms with E-state index < -0.39 is 0 Å². The summed E-state index contributed by atoms with van der Waals surface area (Å²) >= 11 is 6.24. The number of rotatable bonds is 2. The Balaban J connectivity index is 2.16. The molecule has 0 bridgehead atoms. The molecule has 0 aliphatic rings. The van der Waals surface area contributed by atoms with E-state index in [1.165, 1.54) is 4.57 Å². The average molecular weight is 334 g/mol. The topological polar surface area (TPSA) is 47.8 Å². The van der Waals surface area contributed by atoms with E-state index in [1.807, 2.05) is 48.5 Å². The number of fused-ring (bicyclic) bond motifs is 1. The van der Waals surface area contributed by atoms with Gasteiger partial charge in [-0.25, -0.2) is 9.97 Å². The Morgan fingerprint density at radius 2 is 1.62 bits per heavy atom. The van der Waals surface area contributed by atoms with Crippen LogP contribution in [0.25, 0.3) is 28.0 Å². The molecule has 0 fully saturated rings. The van der Waals surface area contributed by atoms with Crippen LogP contribution in [-0.2, 0) is 0 Å². The van der Waals surface area contributed by atoms with Gasteiger partial charge >= 0.3 is 0 Å².